The number of thiazole rings is 1. The highest BCUT2D eigenvalue weighted by Gasteiger charge is 2.27. The van der Waals surface area contributed by atoms with Crippen LogP contribution in [0.4, 0.5) is 19.7 Å². The van der Waals surface area contributed by atoms with Crippen LogP contribution in [-0.2, 0) is 4.79 Å². The SMILES string of the molecule is CCC(C(=O)Nc1nc(-c2ccc(OC(F)F)cc2)cs1)n1nc([N+](=O)[O-])cc1C. The van der Waals surface area contributed by atoms with Crippen molar-refractivity contribution in [3.05, 3.63) is 51.5 Å². The Morgan fingerprint density at radius 1 is 1.37 bits per heavy atom. The quantitative estimate of drug-likeness (QED) is 0.413. The molecule has 0 aliphatic rings. The lowest BCUT2D eigenvalue weighted by Crippen LogP contribution is -2.27. The number of amides is 1. The summed E-state index contributed by atoms with van der Waals surface area (Å²) in [6.45, 7) is 0.509. The van der Waals surface area contributed by atoms with E-state index in [2.05, 4.69) is 20.1 Å². The van der Waals surface area contributed by atoms with E-state index in [0.29, 0.717) is 28.5 Å². The summed E-state index contributed by atoms with van der Waals surface area (Å²) < 4.78 is 30.1. The van der Waals surface area contributed by atoms with Gasteiger partial charge in [-0.1, -0.05) is 6.92 Å². The zero-order valence-corrected chi connectivity index (χ0v) is 16.7. The molecule has 1 amide bonds. The highest BCUT2D eigenvalue weighted by molar-refractivity contribution is 7.14. The van der Waals surface area contributed by atoms with Crippen molar-refractivity contribution in [2.45, 2.75) is 32.9 Å². The van der Waals surface area contributed by atoms with Crippen LogP contribution in [-0.4, -0.2) is 32.2 Å². The number of hydrogen-bond donors (Lipinski definition) is 1. The number of nitrogens with zero attached hydrogens (tertiary/aromatic N) is 4. The van der Waals surface area contributed by atoms with E-state index in [9.17, 15) is 23.7 Å². The molecular formula is C18H17F2N5O4S. The van der Waals surface area contributed by atoms with E-state index < -0.39 is 23.5 Å². The predicted molar refractivity (Wildman–Crippen MR) is 106 cm³/mol. The Bertz CT molecular complexity index is 1050. The average molecular weight is 437 g/mol. The summed E-state index contributed by atoms with van der Waals surface area (Å²) in [5.41, 5.74) is 1.71. The second-order valence-corrected chi connectivity index (χ2v) is 7.06. The molecule has 0 saturated heterocycles. The molecule has 12 heteroatoms. The van der Waals surface area contributed by atoms with E-state index in [4.69, 9.17) is 0 Å². The molecule has 0 spiro atoms. The molecule has 158 valence electrons. The number of aromatic nitrogens is 3. The zero-order valence-electron chi connectivity index (χ0n) is 15.9. The first kappa shape index (κ1) is 21.3. The first-order chi connectivity index (χ1) is 14.3. The van der Waals surface area contributed by atoms with E-state index in [1.807, 2.05) is 0 Å². The molecule has 3 aromatic rings. The molecule has 1 N–H and O–H groups in total. The Labute approximate surface area is 173 Å². The maximum atomic E-state index is 12.7. The van der Waals surface area contributed by atoms with E-state index >= 15 is 0 Å². The molecule has 0 saturated carbocycles. The lowest BCUT2D eigenvalue weighted by molar-refractivity contribution is -0.389. The third-order valence-electron chi connectivity index (χ3n) is 4.19. The van der Waals surface area contributed by atoms with Gasteiger partial charge in [-0.3, -0.25) is 4.79 Å². The zero-order chi connectivity index (χ0) is 21.8. The number of alkyl halides is 2. The Balaban J connectivity index is 1.73. The second-order valence-electron chi connectivity index (χ2n) is 6.20. The molecule has 1 unspecified atom stereocenters. The van der Waals surface area contributed by atoms with Crippen LogP contribution >= 0.6 is 11.3 Å². The van der Waals surface area contributed by atoms with Gasteiger partial charge in [0.2, 0.25) is 0 Å². The van der Waals surface area contributed by atoms with Crippen LogP contribution in [0.3, 0.4) is 0 Å². The molecule has 0 aliphatic heterocycles. The van der Waals surface area contributed by atoms with Gasteiger partial charge in [0.15, 0.2) is 11.2 Å². The van der Waals surface area contributed by atoms with Crippen LogP contribution in [0.1, 0.15) is 25.1 Å². The number of anilines is 1. The molecule has 1 aromatic carbocycles. The molecule has 0 bridgehead atoms. The van der Waals surface area contributed by atoms with Crippen LogP contribution in [0.5, 0.6) is 5.75 Å². The summed E-state index contributed by atoms with van der Waals surface area (Å²) in [5.74, 6) is -0.693. The number of rotatable bonds is 8. The number of aryl methyl sites for hydroxylation is 1. The summed E-state index contributed by atoms with van der Waals surface area (Å²) in [6, 6.07) is 6.54. The largest absolute Gasteiger partial charge is 0.435 e. The lowest BCUT2D eigenvalue weighted by atomic mass is 10.2. The maximum Gasteiger partial charge on any atom is 0.390 e. The van der Waals surface area contributed by atoms with Gasteiger partial charge in [0.25, 0.3) is 5.91 Å². The molecule has 0 aliphatic carbocycles. The Morgan fingerprint density at radius 2 is 2.07 bits per heavy atom. The van der Waals surface area contributed by atoms with Gasteiger partial charge < -0.3 is 20.2 Å². The van der Waals surface area contributed by atoms with Crippen LogP contribution in [0.15, 0.2) is 35.7 Å². The van der Waals surface area contributed by atoms with Crippen molar-refractivity contribution in [1.82, 2.24) is 14.8 Å². The number of nitro groups is 1. The van der Waals surface area contributed by atoms with Crippen LogP contribution in [0.25, 0.3) is 11.3 Å². The standard InChI is InChI=1S/C18H17F2N5O4S/c1-3-14(24-10(2)8-15(23-24)25(27)28)16(26)22-18-21-13(9-30-18)11-4-6-12(7-5-11)29-17(19)20/h4-9,14,17H,3H2,1-2H3,(H,21,22,26). The van der Waals surface area contributed by atoms with Gasteiger partial charge in [0.05, 0.1) is 22.6 Å². The number of hydrogen-bond acceptors (Lipinski definition) is 7. The summed E-state index contributed by atoms with van der Waals surface area (Å²) >= 11 is 1.19. The number of ether oxygens (including phenoxy) is 1. The first-order valence-corrected chi connectivity index (χ1v) is 9.68. The first-order valence-electron chi connectivity index (χ1n) is 8.80. The van der Waals surface area contributed by atoms with Gasteiger partial charge in [-0.15, -0.1) is 11.3 Å². The fourth-order valence-corrected chi connectivity index (χ4v) is 3.53. The second kappa shape index (κ2) is 8.95. The minimum Gasteiger partial charge on any atom is -0.435 e. The normalized spacial score (nSPS) is 12.0. The minimum atomic E-state index is -2.90. The van der Waals surface area contributed by atoms with Gasteiger partial charge in [-0.2, -0.15) is 13.5 Å². The third kappa shape index (κ3) is 4.76. The highest BCUT2D eigenvalue weighted by Crippen LogP contribution is 2.28. The monoisotopic (exact) mass is 437 g/mol. The van der Waals surface area contributed by atoms with Crippen molar-refractivity contribution >= 4 is 28.2 Å². The summed E-state index contributed by atoms with van der Waals surface area (Å²) in [6.07, 6.45) is 0.370. The molecule has 30 heavy (non-hydrogen) atoms. The summed E-state index contributed by atoms with van der Waals surface area (Å²) in [5, 5.41) is 19.6. The topological polar surface area (TPSA) is 112 Å². The van der Waals surface area contributed by atoms with Gasteiger partial charge in [-0.25, -0.2) is 4.98 Å². The molecular weight excluding hydrogens is 420 g/mol. The van der Waals surface area contributed by atoms with Crippen molar-refractivity contribution in [2.24, 2.45) is 0 Å². The highest BCUT2D eigenvalue weighted by atomic mass is 32.1. The molecule has 9 nitrogen and oxygen atoms in total. The fourth-order valence-electron chi connectivity index (χ4n) is 2.80. The van der Waals surface area contributed by atoms with Crippen molar-refractivity contribution in [3.63, 3.8) is 0 Å². The number of carbonyl (C=O) groups is 1. The Hall–Kier alpha value is -3.41. The van der Waals surface area contributed by atoms with Crippen molar-refractivity contribution in [3.8, 4) is 17.0 Å². The third-order valence-corrected chi connectivity index (χ3v) is 4.95. The summed E-state index contributed by atoms with van der Waals surface area (Å²) in [4.78, 5) is 27.4. The van der Waals surface area contributed by atoms with Crippen molar-refractivity contribution < 1.29 is 23.2 Å². The molecule has 0 fully saturated rings. The molecule has 0 radical (unpaired) electrons. The molecule has 1 atom stereocenters. The number of carbonyl (C=O) groups excluding carboxylic acids is 1. The van der Waals surface area contributed by atoms with Crippen LogP contribution < -0.4 is 10.1 Å². The van der Waals surface area contributed by atoms with Gasteiger partial charge in [0.1, 0.15) is 5.75 Å². The lowest BCUT2D eigenvalue weighted by Gasteiger charge is -2.12. The number of nitrogens with one attached hydrogen (secondary N) is 1. The van der Waals surface area contributed by atoms with Crippen LogP contribution in [0.2, 0.25) is 0 Å². The van der Waals surface area contributed by atoms with Gasteiger partial charge >= 0.3 is 12.4 Å². The molecule has 2 aromatic heterocycles. The fraction of sp³-hybridized carbons (Fsp3) is 0.278. The Morgan fingerprint density at radius 3 is 2.63 bits per heavy atom. The van der Waals surface area contributed by atoms with Gasteiger partial charge in [-0.05, 0) is 42.5 Å². The summed E-state index contributed by atoms with van der Waals surface area (Å²) in [7, 11) is 0. The average Bonchev–Trinajstić information content (AvgIpc) is 3.30. The van der Waals surface area contributed by atoms with E-state index in [-0.39, 0.29) is 11.6 Å². The number of halogens is 2. The Kier molecular flexibility index (Phi) is 6.35. The van der Waals surface area contributed by atoms with E-state index in [1.54, 1.807) is 31.4 Å². The van der Waals surface area contributed by atoms with E-state index in [0.717, 1.165) is 0 Å². The van der Waals surface area contributed by atoms with Crippen molar-refractivity contribution in [1.29, 1.82) is 0 Å². The molecule has 2 heterocycles. The predicted octanol–water partition coefficient (Wildman–Crippen LogP) is 4.41. The van der Waals surface area contributed by atoms with E-state index in [1.165, 1.54) is 34.2 Å². The van der Waals surface area contributed by atoms with Crippen molar-refractivity contribution in [2.75, 3.05) is 5.32 Å². The number of benzene rings is 1. The molecule has 3 rings (SSSR count). The smallest absolute Gasteiger partial charge is 0.390 e. The maximum absolute atomic E-state index is 12.7. The van der Waals surface area contributed by atoms with Crippen LogP contribution in [0, 0.1) is 17.0 Å². The minimum absolute atomic E-state index is 0.0342. The van der Waals surface area contributed by atoms with Gasteiger partial charge in [0, 0.05) is 10.9 Å².